The van der Waals surface area contributed by atoms with Crippen LogP contribution in [0.25, 0.3) is 0 Å². The molecule has 3 unspecified atom stereocenters. The number of alkyl halides is 1. The average molecular weight is 756 g/mol. The van der Waals surface area contributed by atoms with E-state index < -0.39 is 42.2 Å². The highest BCUT2D eigenvalue weighted by Crippen LogP contribution is 2.61. The Morgan fingerprint density at radius 2 is 1.55 bits per heavy atom. The van der Waals surface area contributed by atoms with Crippen LogP contribution in [0, 0.1) is 11.8 Å². The Bertz CT molecular complexity index is 1720. The molecule has 2 bridgehead atoms. The Morgan fingerprint density at radius 3 is 2.14 bits per heavy atom. The minimum Gasteiger partial charge on any atom is -0.394 e. The predicted molar refractivity (Wildman–Crippen MR) is 203 cm³/mol. The Morgan fingerprint density at radius 1 is 0.941 bits per heavy atom. The highest BCUT2D eigenvalue weighted by Gasteiger charge is 2.77. The number of halogens is 1. The zero-order chi connectivity index (χ0) is 36.3. The molecule has 0 radical (unpaired) electrons. The summed E-state index contributed by atoms with van der Waals surface area (Å²) in [6.45, 7) is 14.1. The van der Waals surface area contributed by atoms with Crippen molar-refractivity contribution in [3.05, 3.63) is 121 Å². The van der Waals surface area contributed by atoms with Gasteiger partial charge in [0.1, 0.15) is 11.6 Å². The average Bonchev–Trinajstić information content (AvgIpc) is 3.75. The number of hydrogen-bond donors (Lipinski definition) is 1. The molecule has 10 heteroatoms. The maximum Gasteiger partial charge on any atom is 0.253 e. The van der Waals surface area contributed by atoms with Gasteiger partial charge in [0.05, 0.1) is 30.6 Å². The molecule has 3 fully saturated rings. The van der Waals surface area contributed by atoms with Gasteiger partial charge in [-0.1, -0.05) is 88.7 Å². The highest BCUT2D eigenvalue weighted by atomic mass is 79.9. The number of rotatable bonds is 15. The fraction of sp³-hybridized carbons (Fsp3) is 0.390. The largest absolute Gasteiger partial charge is 0.394 e. The Balaban J connectivity index is 1.45. The number of amides is 3. The van der Waals surface area contributed by atoms with Crippen molar-refractivity contribution >= 4 is 45.0 Å². The number of aliphatic hydroxyl groups is 1. The van der Waals surface area contributed by atoms with Gasteiger partial charge < -0.3 is 29.4 Å². The second-order valence-corrected chi connectivity index (χ2v) is 14.6. The van der Waals surface area contributed by atoms with Gasteiger partial charge in [0, 0.05) is 48.9 Å². The SMILES string of the molecule is C=CCN(Cc1ccccc1)C(=O)[C@H]1[C@H]2C(=O)N([C@H](CO)c3ccccc3)C(C(=O)N(CC=C)c3ccc(N(CC)CC)cc3)C23CC(Br)[C@@H]1O3. The van der Waals surface area contributed by atoms with Crippen LogP contribution in [0.1, 0.15) is 37.4 Å². The topological polar surface area (TPSA) is 93.6 Å². The smallest absolute Gasteiger partial charge is 0.253 e. The first-order valence-electron chi connectivity index (χ1n) is 17.7. The van der Waals surface area contributed by atoms with Crippen LogP contribution in [0.15, 0.2) is 110 Å². The van der Waals surface area contributed by atoms with Crippen molar-refractivity contribution in [2.45, 2.75) is 55.4 Å². The standard InChI is InChI=1S/C41H47BrN4O5/c1-5-23-44(26-28-15-11-9-12-16-28)38(48)34-35-39(49)46(33(27-47)29-17-13-10-14-18-29)37(41(35)25-32(42)36(34)51-41)40(50)45(24-6-2)31-21-19-30(20-22-31)43(7-3)8-4/h5-6,9-22,32-37,47H,1-2,7-8,23-27H2,3-4H3/t32?,33-,34+,35+,36+,37?,41?/m1/s1. The van der Waals surface area contributed by atoms with Gasteiger partial charge in [-0.2, -0.15) is 0 Å². The van der Waals surface area contributed by atoms with Gasteiger partial charge in [-0.25, -0.2) is 0 Å². The van der Waals surface area contributed by atoms with Gasteiger partial charge in [0.2, 0.25) is 11.8 Å². The maximum atomic E-state index is 15.2. The van der Waals surface area contributed by atoms with E-state index >= 15 is 9.59 Å². The second-order valence-electron chi connectivity index (χ2n) is 13.4. The number of carbonyl (C=O) groups excluding carboxylic acids is 3. The van der Waals surface area contributed by atoms with Crippen molar-refractivity contribution in [1.82, 2.24) is 9.80 Å². The van der Waals surface area contributed by atoms with Gasteiger partial charge in [0.15, 0.2) is 0 Å². The van der Waals surface area contributed by atoms with Crippen molar-refractivity contribution in [3.8, 4) is 0 Å². The zero-order valence-corrected chi connectivity index (χ0v) is 30.9. The first-order chi connectivity index (χ1) is 24.7. The zero-order valence-electron chi connectivity index (χ0n) is 29.3. The fourth-order valence-corrected chi connectivity index (χ4v) is 9.37. The molecule has 0 aliphatic carbocycles. The molecule has 3 heterocycles. The van der Waals surface area contributed by atoms with Crippen LogP contribution >= 0.6 is 15.9 Å². The summed E-state index contributed by atoms with van der Waals surface area (Å²) in [5.74, 6) is -2.73. The molecule has 3 aromatic rings. The number of anilines is 2. The van der Waals surface area contributed by atoms with Crippen molar-refractivity contribution in [1.29, 1.82) is 0 Å². The lowest BCUT2D eigenvalue weighted by molar-refractivity contribution is -0.147. The molecule has 6 rings (SSSR count). The van der Waals surface area contributed by atoms with Crippen LogP contribution < -0.4 is 9.80 Å². The van der Waals surface area contributed by atoms with E-state index in [4.69, 9.17) is 4.74 Å². The third-order valence-corrected chi connectivity index (χ3v) is 11.5. The molecule has 3 saturated heterocycles. The van der Waals surface area contributed by atoms with Crippen LogP contribution in [0.2, 0.25) is 0 Å². The highest BCUT2D eigenvalue weighted by molar-refractivity contribution is 9.09. The van der Waals surface area contributed by atoms with Gasteiger partial charge in [0.25, 0.3) is 5.91 Å². The molecule has 0 saturated carbocycles. The Labute approximate surface area is 309 Å². The van der Waals surface area contributed by atoms with E-state index in [-0.39, 0.29) is 35.6 Å². The van der Waals surface area contributed by atoms with Crippen molar-refractivity contribution in [2.24, 2.45) is 11.8 Å². The molecular formula is C41H47BrN4O5. The Hall–Kier alpha value is -4.25. The fourth-order valence-electron chi connectivity index (χ4n) is 8.43. The van der Waals surface area contributed by atoms with Gasteiger partial charge in [-0.15, -0.1) is 13.2 Å². The van der Waals surface area contributed by atoms with Crippen LogP contribution in [0.4, 0.5) is 11.4 Å². The summed E-state index contributed by atoms with van der Waals surface area (Å²) in [4.78, 5) is 51.8. The quantitative estimate of drug-likeness (QED) is 0.157. The van der Waals surface area contributed by atoms with Crippen molar-refractivity contribution in [3.63, 3.8) is 0 Å². The molecule has 3 aromatic carbocycles. The normalized spacial score (nSPS) is 25.3. The summed E-state index contributed by atoms with van der Waals surface area (Å²) in [5, 5.41) is 10.9. The summed E-state index contributed by atoms with van der Waals surface area (Å²) >= 11 is 3.81. The summed E-state index contributed by atoms with van der Waals surface area (Å²) in [7, 11) is 0. The lowest BCUT2D eigenvalue weighted by atomic mass is 9.70. The molecule has 9 nitrogen and oxygen atoms in total. The van der Waals surface area contributed by atoms with Crippen LogP contribution in [-0.2, 0) is 25.7 Å². The van der Waals surface area contributed by atoms with E-state index in [2.05, 4.69) is 47.8 Å². The summed E-state index contributed by atoms with van der Waals surface area (Å²) in [6, 6.07) is 24.8. The van der Waals surface area contributed by atoms with E-state index in [1.165, 1.54) is 4.90 Å². The third kappa shape index (κ3) is 6.54. The summed E-state index contributed by atoms with van der Waals surface area (Å²) in [6.07, 6.45) is 3.07. The van der Waals surface area contributed by atoms with Crippen molar-refractivity contribution in [2.75, 3.05) is 42.6 Å². The molecule has 1 N–H and O–H groups in total. The molecule has 268 valence electrons. The van der Waals surface area contributed by atoms with E-state index in [9.17, 15) is 9.90 Å². The van der Waals surface area contributed by atoms with E-state index in [1.807, 2.05) is 84.9 Å². The first-order valence-corrected chi connectivity index (χ1v) is 18.7. The molecule has 7 atom stereocenters. The van der Waals surface area contributed by atoms with Crippen molar-refractivity contribution < 1.29 is 24.2 Å². The lowest BCUT2D eigenvalue weighted by Crippen LogP contribution is -2.57. The van der Waals surface area contributed by atoms with Gasteiger partial charge in [-0.3, -0.25) is 14.4 Å². The predicted octanol–water partition coefficient (Wildman–Crippen LogP) is 5.75. The molecule has 3 amide bonds. The first kappa shape index (κ1) is 36.5. The Kier molecular flexibility index (Phi) is 11.1. The van der Waals surface area contributed by atoms with E-state index in [0.717, 1.165) is 24.3 Å². The molecule has 1 spiro atoms. The maximum absolute atomic E-state index is 15.2. The van der Waals surface area contributed by atoms with Crippen LogP contribution in [0.5, 0.6) is 0 Å². The van der Waals surface area contributed by atoms with Crippen LogP contribution in [0.3, 0.4) is 0 Å². The minimum atomic E-state index is -1.32. The molecule has 0 aromatic heterocycles. The number of ether oxygens (including phenoxy) is 1. The molecule has 3 aliphatic heterocycles. The third-order valence-electron chi connectivity index (χ3n) is 10.7. The molecular weight excluding hydrogens is 708 g/mol. The molecule has 3 aliphatic rings. The van der Waals surface area contributed by atoms with Gasteiger partial charge in [-0.05, 0) is 55.7 Å². The minimum absolute atomic E-state index is 0.186. The summed E-state index contributed by atoms with van der Waals surface area (Å²) in [5.41, 5.74) is 2.01. The van der Waals surface area contributed by atoms with E-state index in [1.54, 1.807) is 22.0 Å². The van der Waals surface area contributed by atoms with Crippen LogP contribution in [-0.4, -0.2) is 88.0 Å². The number of nitrogens with zero attached hydrogens (tertiary/aromatic N) is 4. The van der Waals surface area contributed by atoms with E-state index in [0.29, 0.717) is 24.2 Å². The lowest BCUT2D eigenvalue weighted by Gasteiger charge is -2.39. The number of hydrogen-bond acceptors (Lipinski definition) is 6. The number of benzene rings is 3. The summed E-state index contributed by atoms with van der Waals surface area (Å²) < 4.78 is 6.87. The number of aliphatic hydroxyl groups excluding tert-OH is 1. The monoisotopic (exact) mass is 754 g/mol. The number of fused-ring (bicyclic) bond motifs is 1. The number of likely N-dealkylation sites (tertiary alicyclic amines) is 1. The number of carbonyl (C=O) groups is 3. The second kappa shape index (κ2) is 15.6. The molecule has 51 heavy (non-hydrogen) atoms. The van der Waals surface area contributed by atoms with Gasteiger partial charge >= 0.3 is 0 Å².